The number of allylic oxidation sites excluding steroid dienone is 5. The molecular formula is C26H31FN6O. The van der Waals surface area contributed by atoms with Crippen molar-refractivity contribution in [2.24, 2.45) is 11.1 Å². The van der Waals surface area contributed by atoms with Crippen molar-refractivity contribution in [2.45, 2.75) is 45.6 Å². The number of fused-ring (bicyclic) bond motifs is 1. The van der Waals surface area contributed by atoms with Crippen molar-refractivity contribution in [3.63, 3.8) is 0 Å². The molecule has 0 bridgehead atoms. The minimum Gasteiger partial charge on any atom is -0.392 e. The Bertz CT molecular complexity index is 1120. The summed E-state index contributed by atoms with van der Waals surface area (Å²) in [4.78, 5) is 18.8. The monoisotopic (exact) mass is 462 g/mol. The van der Waals surface area contributed by atoms with Crippen LogP contribution >= 0.6 is 0 Å². The van der Waals surface area contributed by atoms with Gasteiger partial charge in [-0.05, 0) is 75.9 Å². The van der Waals surface area contributed by atoms with Gasteiger partial charge in [-0.2, -0.15) is 0 Å². The van der Waals surface area contributed by atoms with E-state index in [1.54, 1.807) is 18.5 Å². The number of nitrogen functional groups attached to an aromatic ring is 1. The van der Waals surface area contributed by atoms with Crippen LogP contribution in [0.15, 0.2) is 59.3 Å². The normalized spacial score (nSPS) is 21.1. The summed E-state index contributed by atoms with van der Waals surface area (Å²) < 4.78 is 14.4. The van der Waals surface area contributed by atoms with E-state index in [9.17, 15) is 4.39 Å². The summed E-state index contributed by atoms with van der Waals surface area (Å²) in [6.45, 7) is 5.80. The molecule has 1 atom stereocenters. The summed E-state index contributed by atoms with van der Waals surface area (Å²) in [5.74, 6) is 0.0384. The number of nitrogens with two attached hydrogens (primary N) is 1. The number of aryl methyl sites for hydroxylation is 1. The first-order valence-electron chi connectivity index (χ1n) is 11.7. The van der Waals surface area contributed by atoms with Crippen LogP contribution in [-0.4, -0.2) is 39.9 Å². The molecule has 3 N–H and O–H groups in total. The van der Waals surface area contributed by atoms with Crippen LogP contribution in [0.2, 0.25) is 0 Å². The zero-order valence-corrected chi connectivity index (χ0v) is 19.7. The van der Waals surface area contributed by atoms with Gasteiger partial charge in [-0.1, -0.05) is 28.9 Å². The van der Waals surface area contributed by atoms with Crippen LogP contribution in [-0.2, 0) is 11.3 Å². The van der Waals surface area contributed by atoms with Crippen LogP contribution in [0.1, 0.15) is 48.7 Å². The van der Waals surface area contributed by atoms with E-state index < -0.39 is 0 Å². The standard InChI is InChI=1S/C26H31FN6O/c1-17(5-7-21(27)8-6-19-4-3-11-30-16-19)20-14-23-25(18(2)31-26(28)32-23)24(15-20)33-34-22-9-12-29-13-10-22/h3-8,11,16,20,22,29H,9-10,12-15H2,1-2H3,(H2,28,31,32)/b8-6+,17-5+,21-7+,33-24+. The lowest BCUT2D eigenvalue weighted by atomic mass is 9.81. The molecule has 1 aliphatic heterocycles. The molecule has 0 saturated carbocycles. The summed E-state index contributed by atoms with van der Waals surface area (Å²) in [6, 6.07) is 3.69. The van der Waals surface area contributed by atoms with Gasteiger partial charge in [0.05, 0.1) is 17.1 Å². The third-order valence-electron chi connectivity index (χ3n) is 6.22. The molecule has 7 nitrogen and oxygen atoms in total. The number of oxime groups is 1. The van der Waals surface area contributed by atoms with Gasteiger partial charge < -0.3 is 15.9 Å². The molecule has 0 amide bonds. The van der Waals surface area contributed by atoms with Gasteiger partial charge in [0.15, 0.2) is 0 Å². The van der Waals surface area contributed by atoms with E-state index in [1.807, 2.05) is 32.1 Å². The van der Waals surface area contributed by atoms with E-state index in [1.165, 1.54) is 12.2 Å². The number of nitrogens with zero attached hydrogens (tertiary/aromatic N) is 4. The third-order valence-corrected chi connectivity index (χ3v) is 6.22. The van der Waals surface area contributed by atoms with Gasteiger partial charge >= 0.3 is 0 Å². The fraction of sp³-hybridized carbons (Fsp3) is 0.385. The Morgan fingerprint density at radius 2 is 2.06 bits per heavy atom. The molecule has 2 aliphatic rings. The third kappa shape index (κ3) is 6.14. The maximum Gasteiger partial charge on any atom is 0.220 e. The lowest BCUT2D eigenvalue weighted by Gasteiger charge is -2.27. The van der Waals surface area contributed by atoms with Crippen molar-refractivity contribution in [3.8, 4) is 0 Å². The second-order valence-corrected chi connectivity index (χ2v) is 8.77. The number of rotatable bonds is 6. The Hall–Kier alpha value is -3.39. The van der Waals surface area contributed by atoms with Gasteiger partial charge in [0.25, 0.3) is 0 Å². The molecule has 1 unspecified atom stereocenters. The zero-order chi connectivity index (χ0) is 23.9. The molecule has 8 heteroatoms. The molecule has 1 saturated heterocycles. The van der Waals surface area contributed by atoms with Gasteiger partial charge in [-0.15, -0.1) is 0 Å². The first kappa shape index (κ1) is 23.8. The van der Waals surface area contributed by atoms with Crippen LogP contribution in [0, 0.1) is 12.8 Å². The van der Waals surface area contributed by atoms with E-state index in [0.717, 1.165) is 59.7 Å². The molecule has 0 radical (unpaired) electrons. The van der Waals surface area contributed by atoms with Gasteiger partial charge in [0.1, 0.15) is 11.9 Å². The Balaban J connectivity index is 1.53. The van der Waals surface area contributed by atoms with Crippen LogP contribution in [0.25, 0.3) is 6.08 Å². The summed E-state index contributed by atoms with van der Waals surface area (Å²) in [5, 5.41) is 7.90. The average Bonchev–Trinajstić information content (AvgIpc) is 2.85. The highest BCUT2D eigenvalue weighted by Gasteiger charge is 2.29. The lowest BCUT2D eigenvalue weighted by Crippen LogP contribution is -2.32. The fourth-order valence-corrected chi connectivity index (χ4v) is 4.32. The average molecular weight is 463 g/mol. The SMILES string of the molecule is C\C(=C/C=C(F)\C=C\c1cccnc1)C1C/C(=N\OC2CCNCC2)c2c(C)nc(N)nc2C1. The number of halogens is 1. The molecule has 178 valence electrons. The van der Waals surface area contributed by atoms with Gasteiger partial charge in [-0.3, -0.25) is 4.98 Å². The second-order valence-electron chi connectivity index (χ2n) is 8.77. The van der Waals surface area contributed by atoms with E-state index in [0.29, 0.717) is 12.8 Å². The first-order valence-corrected chi connectivity index (χ1v) is 11.7. The summed E-state index contributed by atoms with van der Waals surface area (Å²) in [5.41, 5.74) is 11.2. The van der Waals surface area contributed by atoms with E-state index in [4.69, 9.17) is 10.6 Å². The summed E-state index contributed by atoms with van der Waals surface area (Å²) >= 11 is 0. The number of aromatic nitrogens is 3. The number of nitrogens with one attached hydrogen (secondary N) is 1. The van der Waals surface area contributed by atoms with Gasteiger partial charge in [-0.25, -0.2) is 14.4 Å². The number of pyridine rings is 1. The van der Waals surface area contributed by atoms with Gasteiger partial charge in [0, 0.05) is 24.4 Å². The molecule has 0 aromatic carbocycles. The Morgan fingerprint density at radius 1 is 1.24 bits per heavy atom. The predicted molar refractivity (Wildman–Crippen MR) is 133 cm³/mol. The smallest absolute Gasteiger partial charge is 0.220 e. The van der Waals surface area contributed by atoms with E-state index in [2.05, 4.69) is 25.4 Å². The highest BCUT2D eigenvalue weighted by Crippen LogP contribution is 2.32. The van der Waals surface area contributed by atoms with E-state index in [-0.39, 0.29) is 23.8 Å². The van der Waals surface area contributed by atoms with Crippen LogP contribution < -0.4 is 11.1 Å². The molecule has 4 rings (SSSR count). The number of hydrogen-bond donors (Lipinski definition) is 2. The summed E-state index contributed by atoms with van der Waals surface area (Å²) in [7, 11) is 0. The minimum absolute atomic E-state index is 0.104. The van der Waals surface area contributed by atoms with Crippen molar-refractivity contribution >= 4 is 17.7 Å². The molecule has 3 heterocycles. The van der Waals surface area contributed by atoms with Gasteiger partial charge in [0.2, 0.25) is 5.95 Å². The quantitative estimate of drug-likeness (QED) is 0.490. The largest absolute Gasteiger partial charge is 0.392 e. The van der Waals surface area contributed by atoms with Crippen LogP contribution in [0.4, 0.5) is 10.3 Å². The minimum atomic E-state index is -0.329. The molecule has 2 aromatic rings. The zero-order valence-electron chi connectivity index (χ0n) is 19.7. The highest BCUT2D eigenvalue weighted by molar-refractivity contribution is 6.03. The fourth-order valence-electron chi connectivity index (χ4n) is 4.32. The van der Waals surface area contributed by atoms with E-state index >= 15 is 0 Å². The Kier molecular flexibility index (Phi) is 7.80. The van der Waals surface area contributed by atoms with Crippen LogP contribution in [0.5, 0.6) is 0 Å². The van der Waals surface area contributed by atoms with Crippen molar-refractivity contribution in [1.82, 2.24) is 20.3 Å². The lowest BCUT2D eigenvalue weighted by molar-refractivity contribution is 0.0371. The summed E-state index contributed by atoms with van der Waals surface area (Å²) in [6.07, 6.45) is 13.2. The number of piperidine rings is 1. The van der Waals surface area contributed by atoms with Crippen molar-refractivity contribution in [1.29, 1.82) is 0 Å². The molecule has 34 heavy (non-hydrogen) atoms. The van der Waals surface area contributed by atoms with Crippen molar-refractivity contribution < 1.29 is 9.23 Å². The maximum atomic E-state index is 14.4. The number of anilines is 1. The predicted octanol–water partition coefficient (Wildman–Crippen LogP) is 4.31. The molecule has 1 fully saturated rings. The molecule has 2 aromatic heterocycles. The van der Waals surface area contributed by atoms with Crippen molar-refractivity contribution in [2.75, 3.05) is 18.8 Å². The molecule has 0 spiro atoms. The highest BCUT2D eigenvalue weighted by atomic mass is 19.1. The van der Waals surface area contributed by atoms with Crippen LogP contribution in [0.3, 0.4) is 0 Å². The second kappa shape index (κ2) is 11.2. The Morgan fingerprint density at radius 3 is 2.82 bits per heavy atom. The first-order chi connectivity index (χ1) is 16.5. The Labute approximate surface area is 199 Å². The van der Waals surface area contributed by atoms with Crippen molar-refractivity contribution in [3.05, 3.63) is 76.7 Å². The topological polar surface area (TPSA) is 98.3 Å². The number of hydrogen-bond acceptors (Lipinski definition) is 7. The molecular weight excluding hydrogens is 431 g/mol. The maximum absolute atomic E-state index is 14.4. The molecule has 1 aliphatic carbocycles.